The topological polar surface area (TPSA) is 41.1 Å². The molecule has 1 fully saturated rings. The number of hydrogen-bond donors (Lipinski definition) is 2. The monoisotopic (exact) mass is 212 g/mol. The molecule has 3 heteroatoms. The molecule has 1 aliphatic rings. The van der Waals surface area contributed by atoms with Gasteiger partial charge in [0.25, 0.3) is 0 Å². The van der Waals surface area contributed by atoms with E-state index in [-0.39, 0.29) is 5.91 Å². The van der Waals surface area contributed by atoms with E-state index in [1.807, 2.05) is 0 Å². The second kappa shape index (κ2) is 6.11. The van der Waals surface area contributed by atoms with Gasteiger partial charge in [0.1, 0.15) is 0 Å². The van der Waals surface area contributed by atoms with Gasteiger partial charge in [0.15, 0.2) is 0 Å². The van der Waals surface area contributed by atoms with E-state index < -0.39 is 0 Å². The lowest BCUT2D eigenvalue weighted by Gasteiger charge is -2.19. The van der Waals surface area contributed by atoms with Gasteiger partial charge < -0.3 is 10.6 Å². The molecular formula is C12H24N2O. The summed E-state index contributed by atoms with van der Waals surface area (Å²) in [5.41, 5.74) is 0. The highest BCUT2D eigenvalue weighted by molar-refractivity contribution is 5.78. The summed E-state index contributed by atoms with van der Waals surface area (Å²) < 4.78 is 0. The molecule has 3 unspecified atom stereocenters. The smallest absolute Gasteiger partial charge is 0.220 e. The lowest BCUT2D eigenvalue weighted by Crippen LogP contribution is -2.39. The van der Waals surface area contributed by atoms with Crippen LogP contribution < -0.4 is 10.6 Å². The van der Waals surface area contributed by atoms with Gasteiger partial charge in [0.2, 0.25) is 5.91 Å². The van der Waals surface area contributed by atoms with E-state index in [1.165, 1.54) is 12.8 Å². The van der Waals surface area contributed by atoms with E-state index in [0.717, 1.165) is 18.9 Å². The first-order valence-corrected chi connectivity index (χ1v) is 6.14. The van der Waals surface area contributed by atoms with Gasteiger partial charge in [-0.3, -0.25) is 4.79 Å². The molecule has 15 heavy (non-hydrogen) atoms. The number of amides is 1. The second-order valence-electron chi connectivity index (χ2n) is 4.86. The van der Waals surface area contributed by atoms with E-state index in [4.69, 9.17) is 0 Å². The van der Waals surface area contributed by atoms with Gasteiger partial charge >= 0.3 is 0 Å². The molecule has 1 rings (SSSR count). The Hall–Kier alpha value is -0.570. The van der Waals surface area contributed by atoms with Crippen molar-refractivity contribution < 1.29 is 4.79 Å². The SMILES string of the molecule is CCC(C)CC(C)NCC1CCC(=O)N1. The van der Waals surface area contributed by atoms with Gasteiger partial charge in [-0.2, -0.15) is 0 Å². The second-order valence-corrected chi connectivity index (χ2v) is 4.86. The van der Waals surface area contributed by atoms with Crippen LogP contribution in [0, 0.1) is 5.92 Å². The third-order valence-corrected chi connectivity index (χ3v) is 3.25. The molecular weight excluding hydrogens is 188 g/mol. The standard InChI is InChI=1S/C12H24N2O/c1-4-9(2)7-10(3)13-8-11-5-6-12(15)14-11/h9-11,13H,4-8H2,1-3H3,(H,14,15). The van der Waals surface area contributed by atoms with Crippen LogP contribution in [0.2, 0.25) is 0 Å². The molecule has 1 amide bonds. The third kappa shape index (κ3) is 4.65. The minimum absolute atomic E-state index is 0.205. The first-order valence-electron chi connectivity index (χ1n) is 6.14. The quantitative estimate of drug-likeness (QED) is 0.703. The Morgan fingerprint density at radius 1 is 1.53 bits per heavy atom. The maximum Gasteiger partial charge on any atom is 0.220 e. The summed E-state index contributed by atoms with van der Waals surface area (Å²) in [6, 6.07) is 0.911. The van der Waals surface area contributed by atoms with Gasteiger partial charge in [-0.1, -0.05) is 20.3 Å². The molecule has 0 spiro atoms. The van der Waals surface area contributed by atoms with Crippen LogP contribution in [0.15, 0.2) is 0 Å². The van der Waals surface area contributed by atoms with Crippen LogP contribution in [0.3, 0.4) is 0 Å². The normalized spacial score (nSPS) is 25.0. The molecule has 1 saturated heterocycles. The molecule has 0 bridgehead atoms. The molecule has 3 atom stereocenters. The van der Waals surface area contributed by atoms with Crippen LogP contribution in [-0.4, -0.2) is 24.5 Å². The van der Waals surface area contributed by atoms with Gasteiger partial charge in [-0.05, 0) is 25.7 Å². The fourth-order valence-electron chi connectivity index (χ4n) is 2.03. The molecule has 1 aliphatic heterocycles. The zero-order valence-electron chi connectivity index (χ0n) is 10.2. The maximum atomic E-state index is 11.0. The van der Waals surface area contributed by atoms with Crippen molar-refractivity contribution in [1.82, 2.24) is 10.6 Å². The van der Waals surface area contributed by atoms with E-state index in [9.17, 15) is 4.79 Å². The average Bonchev–Trinajstić information content (AvgIpc) is 2.61. The molecule has 0 aromatic rings. The van der Waals surface area contributed by atoms with Crippen molar-refractivity contribution in [3.63, 3.8) is 0 Å². The van der Waals surface area contributed by atoms with Crippen LogP contribution in [0.5, 0.6) is 0 Å². The average molecular weight is 212 g/mol. The number of carbonyl (C=O) groups excluding carboxylic acids is 1. The van der Waals surface area contributed by atoms with Crippen molar-refractivity contribution in [1.29, 1.82) is 0 Å². The third-order valence-electron chi connectivity index (χ3n) is 3.25. The highest BCUT2D eigenvalue weighted by atomic mass is 16.1. The van der Waals surface area contributed by atoms with E-state index in [1.54, 1.807) is 0 Å². The molecule has 3 nitrogen and oxygen atoms in total. The number of nitrogens with one attached hydrogen (secondary N) is 2. The lowest BCUT2D eigenvalue weighted by molar-refractivity contribution is -0.119. The van der Waals surface area contributed by atoms with E-state index in [2.05, 4.69) is 31.4 Å². The van der Waals surface area contributed by atoms with Crippen LogP contribution >= 0.6 is 0 Å². The van der Waals surface area contributed by atoms with E-state index >= 15 is 0 Å². The van der Waals surface area contributed by atoms with Crippen LogP contribution in [0.25, 0.3) is 0 Å². The molecule has 0 radical (unpaired) electrons. The Labute approximate surface area is 93.0 Å². The summed E-state index contributed by atoms with van der Waals surface area (Å²) in [6.45, 7) is 7.66. The van der Waals surface area contributed by atoms with Crippen molar-refractivity contribution in [2.45, 2.75) is 58.5 Å². The fourth-order valence-corrected chi connectivity index (χ4v) is 2.03. The van der Waals surface area contributed by atoms with Crippen molar-refractivity contribution >= 4 is 5.91 Å². The summed E-state index contributed by atoms with van der Waals surface area (Å²) in [5, 5.41) is 6.47. The minimum Gasteiger partial charge on any atom is -0.352 e. The predicted molar refractivity (Wildman–Crippen MR) is 62.7 cm³/mol. The van der Waals surface area contributed by atoms with Gasteiger partial charge in [-0.25, -0.2) is 0 Å². The summed E-state index contributed by atoms with van der Waals surface area (Å²) in [7, 11) is 0. The molecule has 88 valence electrons. The van der Waals surface area contributed by atoms with Crippen molar-refractivity contribution in [2.75, 3.05) is 6.54 Å². The van der Waals surface area contributed by atoms with Crippen LogP contribution in [-0.2, 0) is 4.79 Å². The Bertz CT molecular complexity index is 206. The Balaban J connectivity index is 2.11. The van der Waals surface area contributed by atoms with Gasteiger partial charge in [0.05, 0.1) is 0 Å². The number of hydrogen-bond acceptors (Lipinski definition) is 2. The fraction of sp³-hybridized carbons (Fsp3) is 0.917. The van der Waals surface area contributed by atoms with Crippen molar-refractivity contribution in [3.05, 3.63) is 0 Å². The summed E-state index contributed by atoms with van der Waals surface area (Å²) in [4.78, 5) is 11.0. The van der Waals surface area contributed by atoms with Crippen LogP contribution in [0.1, 0.15) is 46.5 Å². The summed E-state index contributed by atoms with van der Waals surface area (Å²) >= 11 is 0. The molecule has 0 aromatic heterocycles. The molecule has 0 aliphatic carbocycles. The largest absolute Gasteiger partial charge is 0.352 e. The molecule has 0 saturated carbocycles. The predicted octanol–water partition coefficient (Wildman–Crippen LogP) is 1.68. The van der Waals surface area contributed by atoms with Crippen molar-refractivity contribution in [2.24, 2.45) is 5.92 Å². The highest BCUT2D eigenvalue weighted by Gasteiger charge is 2.20. The van der Waals surface area contributed by atoms with E-state index in [0.29, 0.717) is 18.5 Å². The first kappa shape index (κ1) is 12.5. The Morgan fingerprint density at radius 3 is 2.80 bits per heavy atom. The van der Waals surface area contributed by atoms with Crippen molar-refractivity contribution in [3.8, 4) is 0 Å². The first-order chi connectivity index (χ1) is 7.11. The molecule has 0 aromatic carbocycles. The molecule has 2 N–H and O–H groups in total. The Kier molecular flexibility index (Phi) is 5.09. The molecule has 1 heterocycles. The van der Waals surface area contributed by atoms with Gasteiger partial charge in [0, 0.05) is 25.0 Å². The van der Waals surface area contributed by atoms with Crippen LogP contribution in [0.4, 0.5) is 0 Å². The number of rotatable bonds is 6. The minimum atomic E-state index is 0.205. The Morgan fingerprint density at radius 2 is 2.27 bits per heavy atom. The lowest BCUT2D eigenvalue weighted by atomic mass is 10.0. The van der Waals surface area contributed by atoms with Gasteiger partial charge in [-0.15, -0.1) is 0 Å². The summed E-state index contributed by atoms with van der Waals surface area (Å²) in [6.07, 6.45) is 4.15. The zero-order chi connectivity index (χ0) is 11.3. The zero-order valence-corrected chi connectivity index (χ0v) is 10.2. The highest BCUT2D eigenvalue weighted by Crippen LogP contribution is 2.10. The number of carbonyl (C=O) groups is 1. The summed E-state index contributed by atoms with van der Waals surface area (Å²) in [5.74, 6) is 0.988. The maximum absolute atomic E-state index is 11.0.